The minimum Gasteiger partial charge on any atom is -0.310 e. The summed E-state index contributed by atoms with van der Waals surface area (Å²) in [5, 5.41) is 9.99. The summed E-state index contributed by atoms with van der Waals surface area (Å²) in [6.45, 7) is 0. The van der Waals surface area contributed by atoms with Gasteiger partial charge in [-0.2, -0.15) is 0 Å². The lowest BCUT2D eigenvalue weighted by Crippen LogP contribution is -2.11. The predicted octanol–water partition coefficient (Wildman–Crippen LogP) is 14.2. The molecular formula is C52H33N3. The molecule has 12 rings (SSSR count). The van der Waals surface area contributed by atoms with Crippen LogP contribution in [-0.2, 0) is 0 Å². The number of aromatic nitrogens is 2. The largest absolute Gasteiger partial charge is 0.310 e. The van der Waals surface area contributed by atoms with E-state index in [1.807, 2.05) is 0 Å². The summed E-state index contributed by atoms with van der Waals surface area (Å²) >= 11 is 0. The molecule has 0 atom stereocenters. The first-order chi connectivity index (χ1) is 27.3. The minimum atomic E-state index is 1.11. The van der Waals surface area contributed by atoms with Gasteiger partial charge in [0, 0.05) is 49.4 Å². The van der Waals surface area contributed by atoms with Gasteiger partial charge in [0.25, 0.3) is 0 Å². The van der Waals surface area contributed by atoms with E-state index in [1.54, 1.807) is 0 Å². The van der Waals surface area contributed by atoms with Gasteiger partial charge in [-0.3, -0.25) is 0 Å². The van der Waals surface area contributed by atoms with Gasteiger partial charge >= 0.3 is 0 Å². The van der Waals surface area contributed by atoms with E-state index in [1.165, 1.54) is 81.8 Å². The summed E-state index contributed by atoms with van der Waals surface area (Å²) < 4.78 is 5.05. The van der Waals surface area contributed by atoms with Gasteiger partial charge in [-0.15, -0.1) is 0 Å². The van der Waals surface area contributed by atoms with Crippen molar-refractivity contribution in [2.45, 2.75) is 0 Å². The van der Waals surface area contributed by atoms with Crippen molar-refractivity contribution in [2.75, 3.05) is 4.90 Å². The number of rotatable bonds is 5. The van der Waals surface area contributed by atoms with E-state index in [0.717, 1.165) is 22.7 Å². The van der Waals surface area contributed by atoms with Crippen LogP contribution in [-0.4, -0.2) is 8.97 Å². The molecule has 3 heteroatoms. The highest BCUT2D eigenvalue weighted by Gasteiger charge is 2.25. The molecular weight excluding hydrogens is 667 g/mol. The number of fused-ring (bicyclic) bond motifs is 7. The lowest BCUT2D eigenvalue weighted by Gasteiger charge is -2.27. The zero-order valence-corrected chi connectivity index (χ0v) is 29.9. The van der Waals surface area contributed by atoms with Crippen LogP contribution in [0.15, 0.2) is 200 Å². The van der Waals surface area contributed by atoms with Gasteiger partial charge < -0.3 is 13.9 Å². The van der Waals surface area contributed by atoms with Crippen LogP contribution in [0.2, 0.25) is 0 Å². The van der Waals surface area contributed by atoms with Crippen molar-refractivity contribution in [1.82, 2.24) is 8.97 Å². The van der Waals surface area contributed by atoms with Crippen LogP contribution in [0.5, 0.6) is 0 Å². The fourth-order valence-corrected chi connectivity index (χ4v) is 9.28. The molecule has 0 unspecified atom stereocenters. The highest BCUT2D eigenvalue weighted by Crippen LogP contribution is 2.48. The van der Waals surface area contributed by atoms with Crippen molar-refractivity contribution in [3.63, 3.8) is 0 Å². The molecule has 0 saturated heterocycles. The smallest absolute Gasteiger partial charge is 0.0641 e. The number of hydrogen-bond donors (Lipinski definition) is 0. The SMILES string of the molecule is c1ccc(-c2cc3c4ccccc4n4c5ccccc5c5ccc6c(c3c(c2)n6-c2cc(N(c3ccccc3)c3ccccc3)c3ccccc3c2)c54)cc1. The van der Waals surface area contributed by atoms with Gasteiger partial charge in [0.2, 0.25) is 0 Å². The van der Waals surface area contributed by atoms with Crippen LogP contribution in [0.4, 0.5) is 17.1 Å². The normalized spacial score (nSPS) is 12.0. The average Bonchev–Trinajstić information content (AvgIpc) is 3.73. The van der Waals surface area contributed by atoms with Crippen molar-refractivity contribution in [3.8, 4) is 16.8 Å². The summed E-state index contributed by atoms with van der Waals surface area (Å²) in [6, 6.07) is 73.3. The Hall–Kier alpha value is -7.36. The minimum absolute atomic E-state index is 1.11. The molecule has 0 bridgehead atoms. The predicted molar refractivity (Wildman–Crippen MR) is 233 cm³/mol. The number of hydrogen-bond acceptors (Lipinski definition) is 1. The fourth-order valence-electron chi connectivity index (χ4n) is 9.28. The standard InChI is InChI=1S/C52H33N3/c1-4-16-34(17-5-1)36-31-44-42-25-13-15-27-46(42)55-45-26-14-12-24-41(45)43-28-29-47-51(52(43)55)50(44)49(32-36)54(47)39-30-35-18-10-11-23-40(35)48(33-39)53(37-19-6-2-7-20-37)38-21-8-3-9-22-38/h1-33H. The third kappa shape index (κ3) is 4.32. The maximum Gasteiger partial charge on any atom is 0.0641 e. The van der Waals surface area contributed by atoms with Crippen LogP contribution in [0.3, 0.4) is 0 Å². The number of anilines is 3. The van der Waals surface area contributed by atoms with Crippen molar-refractivity contribution < 1.29 is 0 Å². The molecule has 0 aliphatic carbocycles. The zero-order chi connectivity index (χ0) is 36.0. The molecule has 0 amide bonds. The molecule has 0 saturated carbocycles. The first-order valence-electron chi connectivity index (χ1n) is 18.9. The van der Waals surface area contributed by atoms with Crippen molar-refractivity contribution in [3.05, 3.63) is 200 Å². The third-order valence-corrected chi connectivity index (χ3v) is 11.6. The third-order valence-electron chi connectivity index (χ3n) is 11.6. The Kier molecular flexibility index (Phi) is 6.34. The molecule has 3 heterocycles. The van der Waals surface area contributed by atoms with Gasteiger partial charge in [-0.1, -0.05) is 133 Å². The molecule has 3 nitrogen and oxygen atoms in total. The average molecular weight is 700 g/mol. The molecule has 9 aromatic carbocycles. The lowest BCUT2D eigenvalue weighted by molar-refractivity contribution is 1.18. The van der Waals surface area contributed by atoms with E-state index >= 15 is 0 Å². The quantitative estimate of drug-likeness (QED) is 0.174. The number of para-hydroxylation sites is 4. The molecule has 12 aromatic rings. The van der Waals surface area contributed by atoms with Crippen molar-refractivity contribution in [1.29, 1.82) is 0 Å². The van der Waals surface area contributed by atoms with Crippen LogP contribution in [0, 0.1) is 0 Å². The Morgan fingerprint density at radius 1 is 0.345 bits per heavy atom. The summed E-state index contributed by atoms with van der Waals surface area (Å²) in [7, 11) is 0. The Labute approximate surface area is 317 Å². The molecule has 0 aliphatic rings. The van der Waals surface area contributed by atoms with Gasteiger partial charge in [0.1, 0.15) is 0 Å². The lowest BCUT2D eigenvalue weighted by atomic mass is 9.98. The van der Waals surface area contributed by atoms with E-state index in [4.69, 9.17) is 0 Å². The summed E-state index contributed by atoms with van der Waals surface area (Å²) in [4.78, 5) is 2.40. The van der Waals surface area contributed by atoms with Gasteiger partial charge in [0.05, 0.1) is 33.3 Å². The van der Waals surface area contributed by atoms with Crippen LogP contribution in [0.25, 0.3) is 87.5 Å². The molecule has 0 aliphatic heterocycles. The first-order valence-corrected chi connectivity index (χ1v) is 18.9. The zero-order valence-electron chi connectivity index (χ0n) is 29.9. The summed E-state index contributed by atoms with van der Waals surface area (Å²) in [6.07, 6.45) is 0. The topological polar surface area (TPSA) is 12.6 Å². The van der Waals surface area contributed by atoms with Crippen molar-refractivity contribution >= 4 is 87.7 Å². The van der Waals surface area contributed by atoms with E-state index in [-0.39, 0.29) is 0 Å². The molecule has 55 heavy (non-hydrogen) atoms. The maximum atomic E-state index is 2.53. The summed E-state index contributed by atoms with van der Waals surface area (Å²) in [5.74, 6) is 0. The Morgan fingerprint density at radius 3 is 1.62 bits per heavy atom. The first kappa shape index (κ1) is 30.1. The van der Waals surface area contributed by atoms with Gasteiger partial charge in [0.15, 0.2) is 0 Å². The monoisotopic (exact) mass is 699 g/mol. The summed E-state index contributed by atoms with van der Waals surface area (Å²) in [5.41, 5.74) is 13.0. The highest BCUT2D eigenvalue weighted by atomic mass is 15.1. The molecule has 0 N–H and O–H groups in total. The fraction of sp³-hybridized carbons (Fsp3) is 0. The molecule has 3 aromatic heterocycles. The number of benzene rings is 9. The van der Waals surface area contributed by atoms with E-state index < -0.39 is 0 Å². The van der Waals surface area contributed by atoms with Crippen LogP contribution < -0.4 is 4.90 Å². The van der Waals surface area contributed by atoms with Gasteiger partial charge in [-0.05, 0) is 88.6 Å². The Bertz CT molecular complexity index is 3370. The Morgan fingerprint density at radius 2 is 0.927 bits per heavy atom. The van der Waals surface area contributed by atoms with Crippen LogP contribution in [0.1, 0.15) is 0 Å². The van der Waals surface area contributed by atoms with E-state index in [2.05, 4.69) is 214 Å². The second kappa shape index (κ2) is 11.6. The second-order valence-corrected chi connectivity index (χ2v) is 14.5. The van der Waals surface area contributed by atoms with Crippen molar-refractivity contribution in [2.24, 2.45) is 0 Å². The van der Waals surface area contributed by atoms with Crippen LogP contribution >= 0.6 is 0 Å². The molecule has 0 fully saturated rings. The molecule has 0 radical (unpaired) electrons. The number of nitrogens with zero attached hydrogens (tertiary/aromatic N) is 3. The molecule has 0 spiro atoms. The molecule has 256 valence electrons. The van der Waals surface area contributed by atoms with E-state index in [0.29, 0.717) is 0 Å². The van der Waals surface area contributed by atoms with E-state index in [9.17, 15) is 0 Å². The Balaban J connectivity index is 1.29. The highest BCUT2D eigenvalue weighted by molar-refractivity contribution is 6.33. The second-order valence-electron chi connectivity index (χ2n) is 14.5. The maximum absolute atomic E-state index is 2.53. The van der Waals surface area contributed by atoms with Gasteiger partial charge in [-0.25, -0.2) is 0 Å².